The van der Waals surface area contributed by atoms with Crippen molar-refractivity contribution in [3.05, 3.63) is 59.7 Å². The molecule has 0 fully saturated rings. The molecule has 156 valence electrons. The highest BCUT2D eigenvalue weighted by Crippen LogP contribution is 2.14. The first kappa shape index (κ1) is 22.3. The lowest BCUT2D eigenvalue weighted by molar-refractivity contribution is -0.119. The van der Waals surface area contributed by atoms with Crippen LogP contribution in [-0.4, -0.2) is 42.5 Å². The Hall–Kier alpha value is -3.02. The molecular weight excluding hydrogens is 366 g/mol. The highest BCUT2D eigenvalue weighted by molar-refractivity contribution is 5.94. The van der Waals surface area contributed by atoms with E-state index in [2.05, 4.69) is 10.6 Å². The van der Waals surface area contributed by atoms with Crippen molar-refractivity contribution in [1.82, 2.24) is 10.2 Å². The monoisotopic (exact) mass is 397 g/mol. The first-order valence-electron chi connectivity index (χ1n) is 10.1. The molecule has 0 radical (unpaired) electrons. The number of benzene rings is 2. The van der Waals surface area contributed by atoms with Gasteiger partial charge >= 0.3 is 0 Å². The number of amides is 2. The molecule has 29 heavy (non-hydrogen) atoms. The van der Waals surface area contributed by atoms with Gasteiger partial charge in [0.25, 0.3) is 5.91 Å². The molecule has 2 aromatic carbocycles. The summed E-state index contributed by atoms with van der Waals surface area (Å²) in [6.45, 7) is 9.88. The van der Waals surface area contributed by atoms with Crippen molar-refractivity contribution < 1.29 is 14.3 Å². The molecule has 0 aliphatic heterocycles. The highest BCUT2D eigenvalue weighted by atomic mass is 16.5. The second-order valence-electron chi connectivity index (χ2n) is 7.00. The van der Waals surface area contributed by atoms with Crippen LogP contribution in [0, 0.1) is 0 Å². The van der Waals surface area contributed by atoms with Crippen LogP contribution in [0.3, 0.4) is 0 Å². The Labute approximate surface area is 173 Å². The molecule has 0 heterocycles. The Bertz CT molecular complexity index is 782. The van der Waals surface area contributed by atoms with Crippen molar-refractivity contribution in [2.45, 2.75) is 40.3 Å². The smallest absolute Gasteiger partial charge is 0.253 e. The number of hydrogen-bond acceptors (Lipinski definition) is 4. The molecule has 0 bridgehead atoms. The summed E-state index contributed by atoms with van der Waals surface area (Å²) in [5.74, 6) is 0.736. The van der Waals surface area contributed by atoms with Gasteiger partial charge in [-0.25, -0.2) is 0 Å². The Balaban J connectivity index is 1.78. The second-order valence-corrected chi connectivity index (χ2v) is 7.00. The molecule has 2 rings (SSSR count). The normalized spacial score (nSPS) is 10.5. The van der Waals surface area contributed by atoms with E-state index in [0.717, 1.165) is 17.0 Å². The average Bonchev–Trinajstić information content (AvgIpc) is 2.72. The molecule has 2 N–H and O–H groups in total. The molecule has 0 atom stereocenters. The number of hydrogen-bond donors (Lipinski definition) is 2. The fourth-order valence-corrected chi connectivity index (χ4v) is 2.83. The van der Waals surface area contributed by atoms with Crippen LogP contribution in [-0.2, 0) is 11.3 Å². The van der Waals surface area contributed by atoms with Crippen LogP contribution in [0.1, 0.15) is 43.6 Å². The Morgan fingerprint density at radius 2 is 1.59 bits per heavy atom. The third-order valence-electron chi connectivity index (χ3n) is 4.42. The van der Waals surface area contributed by atoms with Gasteiger partial charge in [0.05, 0.1) is 12.6 Å². The molecule has 2 aromatic rings. The number of carbonyl (C=O) groups excluding carboxylic acids is 2. The van der Waals surface area contributed by atoms with Gasteiger partial charge < -0.3 is 20.3 Å². The van der Waals surface area contributed by atoms with E-state index in [-0.39, 0.29) is 24.5 Å². The first-order chi connectivity index (χ1) is 13.9. The zero-order valence-electron chi connectivity index (χ0n) is 17.7. The molecule has 0 aliphatic carbocycles. The van der Waals surface area contributed by atoms with Crippen LogP contribution in [0.4, 0.5) is 5.69 Å². The van der Waals surface area contributed by atoms with Gasteiger partial charge in [0.15, 0.2) is 0 Å². The molecule has 2 amide bonds. The quantitative estimate of drug-likeness (QED) is 0.642. The summed E-state index contributed by atoms with van der Waals surface area (Å²) >= 11 is 0. The van der Waals surface area contributed by atoms with E-state index in [4.69, 9.17) is 4.74 Å². The summed E-state index contributed by atoms with van der Waals surface area (Å²) in [4.78, 5) is 26.2. The van der Waals surface area contributed by atoms with E-state index in [1.54, 1.807) is 17.0 Å². The topological polar surface area (TPSA) is 70.7 Å². The predicted molar refractivity (Wildman–Crippen MR) is 116 cm³/mol. The number of ether oxygens (including phenoxy) is 1. The lowest BCUT2D eigenvalue weighted by Gasteiger charge is -2.18. The molecule has 0 aromatic heterocycles. The average molecular weight is 398 g/mol. The number of rotatable bonds is 10. The third kappa shape index (κ3) is 7.14. The van der Waals surface area contributed by atoms with Gasteiger partial charge in [-0.15, -0.1) is 0 Å². The first-order valence-corrected chi connectivity index (χ1v) is 10.1. The van der Waals surface area contributed by atoms with E-state index in [0.29, 0.717) is 25.2 Å². The van der Waals surface area contributed by atoms with Gasteiger partial charge in [0.1, 0.15) is 5.75 Å². The number of nitrogens with zero attached hydrogens (tertiary/aromatic N) is 1. The van der Waals surface area contributed by atoms with Gasteiger partial charge in [-0.05, 0) is 69.7 Å². The maximum atomic E-state index is 12.3. The second kappa shape index (κ2) is 11.1. The van der Waals surface area contributed by atoms with Crippen molar-refractivity contribution in [3.8, 4) is 5.75 Å². The minimum Gasteiger partial charge on any atom is -0.491 e. The standard InChI is InChI=1S/C23H31N3O3/c1-5-26(6-2)23(28)19-9-11-20(12-10-19)24-16-22(27)25-15-18-7-13-21(14-8-18)29-17(3)4/h7-14,17,24H,5-6,15-16H2,1-4H3,(H,25,27). The van der Waals surface area contributed by atoms with Gasteiger partial charge in [-0.3, -0.25) is 9.59 Å². The largest absolute Gasteiger partial charge is 0.491 e. The zero-order chi connectivity index (χ0) is 21.2. The van der Waals surface area contributed by atoms with Crippen LogP contribution < -0.4 is 15.4 Å². The van der Waals surface area contributed by atoms with Crippen molar-refractivity contribution in [2.24, 2.45) is 0 Å². The van der Waals surface area contributed by atoms with E-state index < -0.39 is 0 Å². The van der Waals surface area contributed by atoms with E-state index in [1.165, 1.54) is 0 Å². The van der Waals surface area contributed by atoms with Gasteiger partial charge in [0, 0.05) is 30.9 Å². The Morgan fingerprint density at radius 3 is 2.14 bits per heavy atom. The van der Waals surface area contributed by atoms with Crippen molar-refractivity contribution >= 4 is 17.5 Å². The maximum absolute atomic E-state index is 12.3. The summed E-state index contributed by atoms with van der Waals surface area (Å²) in [5.41, 5.74) is 2.45. The summed E-state index contributed by atoms with van der Waals surface area (Å²) in [5, 5.41) is 5.96. The highest BCUT2D eigenvalue weighted by Gasteiger charge is 2.12. The molecule has 6 heteroatoms. The summed E-state index contributed by atoms with van der Waals surface area (Å²) in [7, 11) is 0. The number of nitrogens with one attached hydrogen (secondary N) is 2. The fourth-order valence-electron chi connectivity index (χ4n) is 2.83. The van der Waals surface area contributed by atoms with Crippen molar-refractivity contribution in [3.63, 3.8) is 0 Å². The number of carbonyl (C=O) groups is 2. The summed E-state index contributed by atoms with van der Waals surface area (Å²) < 4.78 is 5.61. The molecule has 0 saturated carbocycles. The van der Waals surface area contributed by atoms with Crippen LogP contribution in [0.2, 0.25) is 0 Å². The minimum atomic E-state index is -0.101. The van der Waals surface area contributed by atoms with Gasteiger partial charge in [0.2, 0.25) is 5.91 Å². The van der Waals surface area contributed by atoms with Gasteiger partial charge in [-0.1, -0.05) is 12.1 Å². The van der Waals surface area contributed by atoms with Crippen molar-refractivity contribution in [1.29, 1.82) is 0 Å². The van der Waals surface area contributed by atoms with Gasteiger partial charge in [-0.2, -0.15) is 0 Å². The lowest BCUT2D eigenvalue weighted by Crippen LogP contribution is -2.30. The molecule has 0 saturated heterocycles. The molecular formula is C23H31N3O3. The summed E-state index contributed by atoms with van der Waals surface area (Å²) in [6.07, 6.45) is 0.135. The number of anilines is 1. The SMILES string of the molecule is CCN(CC)C(=O)c1ccc(NCC(=O)NCc2ccc(OC(C)C)cc2)cc1. The lowest BCUT2D eigenvalue weighted by atomic mass is 10.1. The maximum Gasteiger partial charge on any atom is 0.253 e. The molecule has 6 nitrogen and oxygen atoms in total. The fraction of sp³-hybridized carbons (Fsp3) is 0.391. The van der Waals surface area contributed by atoms with Crippen molar-refractivity contribution in [2.75, 3.05) is 25.0 Å². The van der Waals surface area contributed by atoms with Crippen LogP contribution in [0.15, 0.2) is 48.5 Å². The zero-order valence-corrected chi connectivity index (χ0v) is 17.7. The van der Waals surface area contributed by atoms with E-state index in [9.17, 15) is 9.59 Å². The molecule has 0 spiro atoms. The van der Waals surface area contributed by atoms with Crippen LogP contribution in [0.5, 0.6) is 5.75 Å². The molecule has 0 aliphatic rings. The molecule has 0 unspecified atom stereocenters. The van der Waals surface area contributed by atoms with Crippen LogP contribution >= 0.6 is 0 Å². The van der Waals surface area contributed by atoms with Crippen LogP contribution in [0.25, 0.3) is 0 Å². The Morgan fingerprint density at radius 1 is 0.966 bits per heavy atom. The Kier molecular flexibility index (Phi) is 8.52. The van der Waals surface area contributed by atoms with E-state index in [1.807, 2.05) is 64.1 Å². The summed E-state index contributed by atoms with van der Waals surface area (Å²) in [6, 6.07) is 14.9. The predicted octanol–water partition coefficient (Wildman–Crippen LogP) is 3.68. The van der Waals surface area contributed by atoms with E-state index >= 15 is 0 Å². The minimum absolute atomic E-state index is 0.0177. The third-order valence-corrected chi connectivity index (χ3v) is 4.42.